The molecule has 0 aromatic carbocycles. The van der Waals surface area contributed by atoms with Crippen molar-refractivity contribution in [2.45, 2.75) is 58.8 Å². The molecule has 5 nitrogen and oxygen atoms in total. The number of carbonyl (C=O) groups excluding carboxylic acids is 1. The van der Waals surface area contributed by atoms with E-state index < -0.39 is 23.3 Å². The maximum Gasteiger partial charge on any atom is 0.410 e. The summed E-state index contributed by atoms with van der Waals surface area (Å²) in [5.74, 6) is 0. The van der Waals surface area contributed by atoms with Crippen molar-refractivity contribution in [1.29, 1.82) is 0 Å². The fourth-order valence-electron chi connectivity index (χ4n) is 1.21. The van der Waals surface area contributed by atoms with E-state index in [2.05, 4.69) is 0 Å². The first kappa shape index (κ1) is 16.2. The third-order valence-corrected chi connectivity index (χ3v) is 2.03. The zero-order valence-electron chi connectivity index (χ0n) is 11.6. The molecule has 17 heavy (non-hydrogen) atoms. The van der Waals surface area contributed by atoms with Gasteiger partial charge >= 0.3 is 6.09 Å². The van der Waals surface area contributed by atoms with Gasteiger partial charge in [-0.15, -0.1) is 0 Å². The van der Waals surface area contributed by atoms with Crippen molar-refractivity contribution in [1.82, 2.24) is 4.90 Å². The minimum Gasteiger partial charge on any atom is -0.444 e. The molecule has 0 aliphatic heterocycles. The second-order valence-corrected chi connectivity index (χ2v) is 6.10. The molecule has 102 valence electrons. The van der Waals surface area contributed by atoms with Gasteiger partial charge in [0.25, 0.3) is 0 Å². The molecule has 0 aromatic heterocycles. The van der Waals surface area contributed by atoms with Crippen LogP contribution in [0.25, 0.3) is 0 Å². The third-order valence-electron chi connectivity index (χ3n) is 2.03. The van der Waals surface area contributed by atoms with Crippen LogP contribution in [-0.4, -0.2) is 51.6 Å². The summed E-state index contributed by atoms with van der Waals surface area (Å²) in [4.78, 5) is 13.4. The van der Waals surface area contributed by atoms with Crippen LogP contribution in [0.5, 0.6) is 0 Å². The van der Waals surface area contributed by atoms with E-state index in [1.807, 2.05) is 20.8 Å². The largest absolute Gasteiger partial charge is 0.444 e. The molecule has 0 heterocycles. The van der Waals surface area contributed by atoms with Gasteiger partial charge in [-0.1, -0.05) is 0 Å². The molecular weight excluding hydrogens is 222 g/mol. The minimum absolute atomic E-state index is 0.0505. The summed E-state index contributed by atoms with van der Waals surface area (Å²) >= 11 is 0. The molecule has 0 aliphatic rings. The summed E-state index contributed by atoms with van der Waals surface area (Å²) in [7, 11) is 0. The van der Waals surface area contributed by atoms with Gasteiger partial charge < -0.3 is 19.8 Å². The van der Waals surface area contributed by atoms with Crippen LogP contribution in [0.2, 0.25) is 0 Å². The lowest BCUT2D eigenvalue weighted by atomic mass is 10.1. The Labute approximate surface area is 103 Å². The summed E-state index contributed by atoms with van der Waals surface area (Å²) in [6, 6.07) is 0. The number of β-amino-alcohol motifs (C(OH)–C–C–N with tert-alkyl or cyclic N) is 1. The summed E-state index contributed by atoms with van der Waals surface area (Å²) in [6.07, 6.45) is -1.45. The summed E-state index contributed by atoms with van der Waals surface area (Å²) in [5, 5.41) is 18.3. The molecule has 0 aromatic rings. The van der Waals surface area contributed by atoms with Gasteiger partial charge in [0.1, 0.15) is 5.60 Å². The van der Waals surface area contributed by atoms with Crippen LogP contribution in [0.3, 0.4) is 0 Å². The van der Waals surface area contributed by atoms with E-state index in [0.29, 0.717) is 0 Å². The normalized spacial score (nSPS) is 14.4. The Morgan fingerprint density at radius 1 is 1.24 bits per heavy atom. The van der Waals surface area contributed by atoms with Gasteiger partial charge in [0.15, 0.2) is 0 Å². The first-order chi connectivity index (χ1) is 7.47. The van der Waals surface area contributed by atoms with Gasteiger partial charge in [-0.2, -0.15) is 0 Å². The van der Waals surface area contributed by atoms with Crippen LogP contribution >= 0.6 is 0 Å². The van der Waals surface area contributed by atoms with E-state index in [1.165, 1.54) is 4.90 Å². The maximum atomic E-state index is 12.0. The van der Waals surface area contributed by atoms with E-state index in [-0.39, 0.29) is 13.2 Å². The number of hydrogen-bond acceptors (Lipinski definition) is 4. The third kappa shape index (κ3) is 6.48. The van der Waals surface area contributed by atoms with Gasteiger partial charge in [0.2, 0.25) is 0 Å². The molecule has 0 unspecified atom stereocenters. The monoisotopic (exact) mass is 247 g/mol. The van der Waals surface area contributed by atoms with E-state index in [0.717, 1.165) is 0 Å². The van der Waals surface area contributed by atoms with E-state index >= 15 is 0 Å². The van der Waals surface area contributed by atoms with Crippen LogP contribution in [0.4, 0.5) is 4.79 Å². The molecule has 0 saturated carbocycles. The highest BCUT2D eigenvalue weighted by Crippen LogP contribution is 2.18. The lowest BCUT2D eigenvalue weighted by Gasteiger charge is -2.37. The quantitative estimate of drug-likeness (QED) is 0.790. The molecule has 1 atom stereocenters. The van der Waals surface area contributed by atoms with Crippen LogP contribution in [0, 0.1) is 0 Å². The zero-order chi connectivity index (χ0) is 13.9. The number of carbonyl (C=O) groups is 1. The van der Waals surface area contributed by atoms with Gasteiger partial charge in [0.05, 0.1) is 19.3 Å². The predicted molar refractivity (Wildman–Crippen MR) is 65.8 cm³/mol. The average Bonchev–Trinajstić information content (AvgIpc) is 2.08. The molecule has 0 spiro atoms. The van der Waals surface area contributed by atoms with E-state index in [9.17, 15) is 9.90 Å². The highest BCUT2D eigenvalue weighted by molar-refractivity contribution is 5.69. The number of rotatable bonds is 3. The average molecular weight is 247 g/mol. The lowest BCUT2D eigenvalue weighted by molar-refractivity contribution is -0.0148. The van der Waals surface area contributed by atoms with Gasteiger partial charge in [0, 0.05) is 5.54 Å². The molecule has 0 radical (unpaired) electrons. The van der Waals surface area contributed by atoms with Gasteiger partial charge in [-0.25, -0.2) is 4.79 Å². The minimum atomic E-state index is -0.957. The van der Waals surface area contributed by atoms with Crippen LogP contribution < -0.4 is 0 Å². The standard InChI is InChI=1S/C12H25NO4/c1-11(2,3)13(7-9(15)8-14)10(16)17-12(4,5)6/h9,14-15H,7-8H2,1-6H3/t9-/m1/s1. The first-order valence-corrected chi connectivity index (χ1v) is 5.77. The van der Waals surface area contributed by atoms with E-state index in [4.69, 9.17) is 9.84 Å². The van der Waals surface area contributed by atoms with Crippen molar-refractivity contribution in [2.75, 3.05) is 13.2 Å². The maximum absolute atomic E-state index is 12.0. The van der Waals surface area contributed by atoms with Gasteiger partial charge in [-0.05, 0) is 41.5 Å². The Kier molecular flexibility index (Phi) is 5.42. The van der Waals surface area contributed by atoms with Crippen molar-refractivity contribution in [3.8, 4) is 0 Å². The predicted octanol–water partition coefficient (Wildman–Crippen LogP) is 1.38. The number of amides is 1. The van der Waals surface area contributed by atoms with Crippen LogP contribution in [-0.2, 0) is 4.74 Å². The highest BCUT2D eigenvalue weighted by Gasteiger charge is 2.31. The first-order valence-electron chi connectivity index (χ1n) is 5.77. The molecule has 5 heteroatoms. The second-order valence-electron chi connectivity index (χ2n) is 6.10. The zero-order valence-corrected chi connectivity index (χ0v) is 11.6. The summed E-state index contributed by atoms with van der Waals surface area (Å²) in [5.41, 5.74) is -1.05. The smallest absolute Gasteiger partial charge is 0.410 e. The topological polar surface area (TPSA) is 70.0 Å². The van der Waals surface area contributed by atoms with E-state index in [1.54, 1.807) is 20.8 Å². The molecule has 0 fully saturated rings. The Balaban J connectivity index is 4.76. The van der Waals surface area contributed by atoms with Crippen molar-refractivity contribution >= 4 is 6.09 Å². The van der Waals surface area contributed by atoms with Crippen molar-refractivity contribution in [3.63, 3.8) is 0 Å². The van der Waals surface area contributed by atoms with Crippen LogP contribution in [0.15, 0.2) is 0 Å². The number of ether oxygens (including phenoxy) is 1. The van der Waals surface area contributed by atoms with Crippen LogP contribution in [0.1, 0.15) is 41.5 Å². The highest BCUT2D eigenvalue weighted by atomic mass is 16.6. The summed E-state index contributed by atoms with van der Waals surface area (Å²) < 4.78 is 5.27. The fourth-order valence-corrected chi connectivity index (χ4v) is 1.21. The molecule has 0 bridgehead atoms. The lowest BCUT2D eigenvalue weighted by Crippen LogP contribution is -2.51. The number of aliphatic hydroxyl groups excluding tert-OH is 2. The summed E-state index contributed by atoms with van der Waals surface area (Å²) in [6.45, 7) is 10.6. The number of nitrogens with zero attached hydrogens (tertiary/aromatic N) is 1. The Morgan fingerprint density at radius 2 is 1.71 bits per heavy atom. The van der Waals surface area contributed by atoms with Crippen molar-refractivity contribution < 1.29 is 19.7 Å². The Bertz CT molecular complexity index is 252. The molecule has 0 rings (SSSR count). The number of hydrogen-bond donors (Lipinski definition) is 2. The number of aliphatic hydroxyl groups is 2. The molecule has 1 amide bonds. The van der Waals surface area contributed by atoms with Gasteiger partial charge in [-0.3, -0.25) is 0 Å². The molecular formula is C12H25NO4. The molecule has 0 aliphatic carbocycles. The van der Waals surface area contributed by atoms with Crippen molar-refractivity contribution in [2.24, 2.45) is 0 Å². The Morgan fingerprint density at radius 3 is 2.00 bits per heavy atom. The fraction of sp³-hybridized carbons (Fsp3) is 0.917. The second kappa shape index (κ2) is 5.69. The SMILES string of the molecule is CC(C)(C)OC(=O)N(C[C@@H](O)CO)C(C)(C)C. The molecule has 0 saturated heterocycles. The Hall–Kier alpha value is -0.810. The molecule has 2 N–H and O–H groups in total. The van der Waals surface area contributed by atoms with Crippen molar-refractivity contribution in [3.05, 3.63) is 0 Å².